The molecule has 0 aliphatic rings. The molecule has 0 saturated heterocycles. The number of hydrogen-bond acceptors (Lipinski definition) is 2. The molecule has 1 aromatic rings. The molecule has 0 fully saturated rings. The highest BCUT2D eigenvalue weighted by Gasteiger charge is 1.96. The van der Waals surface area contributed by atoms with Crippen LogP contribution in [-0.2, 0) is 12.8 Å². The second-order valence-electron chi connectivity index (χ2n) is 2.37. The zero-order chi connectivity index (χ0) is 8.81. The Morgan fingerprint density at radius 3 is 3.08 bits per heavy atom. The minimum atomic E-state index is 0.904. The molecule has 0 atom stereocenters. The average molecular weight is 180 g/mol. The van der Waals surface area contributed by atoms with Gasteiger partial charge in [-0.15, -0.1) is 17.7 Å². The third-order valence-electron chi connectivity index (χ3n) is 1.52. The smallest absolute Gasteiger partial charge is 0.0551 e. The van der Waals surface area contributed by atoms with Gasteiger partial charge >= 0.3 is 0 Å². The molecule has 64 valence electrons. The fraction of sp³-hybridized carbons (Fsp3) is 0.444. The van der Waals surface area contributed by atoms with Crippen LogP contribution in [0, 0.1) is 11.8 Å². The molecule has 0 amide bonds. The van der Waals surface area contributed by atoms with Gasteiger partial charge in [0.15, 0.2) is 0 Å². The fourth-order valence-electron chi connectivity index (χ4n) is 0.822. The zero-order valence-corrected chi connectivity index (χ0v) is 8.19. The van der Waals surface area contributed by atoms with Gasteiger partial charge in [0.25, 0.3) is 0 Å². The first-order chi connectivity index (χ1) is 5.84. The maximum Gasteiger partial charge on any atom is 0.0551 e. The van der Waals surface area contributed by atoms with E-state index in [1.165, 1.54) is 5.69 Å². The lowest BCUT2D eigenvalue weighted by atomic mass is 10.5. The summed E-state index contributed by atoms with van der Waals surface area (Å²) in [5.74, 6) is 7.78. The van der Waals surface area contributed by atoms with Gasteiger partial charge in [-0.05, 0) is 13.0 Å². The van der Waals surface area contributed by atoms with Crippen molar-refractivity contribution in [1.29, 1.82) is 0 Å². The lowest BCUT2D eigenvalue weighted by molar-refractivity contribution is 0.736. The Labute approximate surface area is 77.4 Å². The van der Waals surface area contributed by atoms with Gasteiger partial charge in [0, 0.05) is 24.7 Å². The molecule has 0 aliphatic carbocycles. The van der Waals surface area contributed by atoms with Crippen LogP contribution in [0.1, 0.15) is 12.6 Å². The summed E-state index contributed by atoms with van der Waals surface area (Å²) in [6.07, 6.45) is 1.82. The van der Waals surface area contributed by atoms with E-state index >= 15 is 0 Å². The van der Waals surface area contributed by atoms with Crippen molar-refractivity contribution in [3.63, 3.8) is 0 Å². The predicted molar refractivity (Wildman–Crippen MR) is 52.8 cm³/mol. The summed E-state index contributed by atoms with van der Waals surface area (Å²) in [7, 11) is 1.96. The van der Waals surface area contributed by atoms with Crippen molar-refractivity contribution >= 4 is 11.8 Å². The number of thioether (sulfide) groups is 1. The van der Waals surface area contributed by atoms with Gasteiger partial charge in [0.2, 0.25) is 0 Å². The first-order valence-electron chi connectivity index (χ1n) is 3.79. The van der Waals surface area contributed by atoms with Crippen LogP contribution >= 0.6 is 11.8 Å². The number of aromatic nitrogens is 2. The summed E-state index contributed by atoms with van der Waals surface area (Å²) in [5, 5.41) is 4.08. The van der Waals surface area contributed by atoms with E-state index in [1.807, 2.05) is 42.7 Å². The van der Waals surface area contributed by atoms with E-state index in [-0.39, 0.29) is 0 Å². The van der Waals surface area contributed by atoms with Gasteiger partial charge in [-0.3, -0.25) is 4.68 Å². The van der Waals surface area contributed by atoms with Crippen LogP contribution in [0.4, 0.5) is 0 Å². The molecule has 1 heterocycles. The van der Waals surface area contributed by atoms with E-state index in [2.05, 4.69) is 16.9 Å². The molecule has 0 aromatic carbocycles. The zero-order valence-electron chi connectivity index (χ0n) is 7.37. The quantitative estimate of drug-likeness (QED) is 0.520. The monoisotopic (exact) mass is 180 g/mol. The van der Waals surface area contributed by atoms with Crippen LogP contribution in [0.2, 0.25) is 0 Å². The maximum absolute atomic E-state index is 4.08. The second-order valence-corrected chi connectivity index (χ2v) is 3.35. The van der Waals surface area contributed by atoms with Crippen LogP contribution < -0.4 is 0 Å². The SMILES string of the molecule is CC#CCSCc1ccnn1C. The van der Waals surface area contributed by atoms with E-state index in [0.29, 0.717) is 0 Å². The molecule has 0 N–H and O–H groups in total. The van der Waals surface area contributed by atoms with Gasteiger partial charge in [-0.2, -0.15) is 5.10 Å². The van der Waals surface area contributed by atoms with Crippen molar-refractivity contribution in [3.8, 4) is 11.8 Å². The largest absolute Gasteiger partial charge is 0.272 e. The summed E-state index contributed by atoms with van der Waals surface area (Å²) < 4.78 is 1.90. The summed E-state index contributed by atoms with van der Waals surface area (Å²) >= 11 is 1.82. The highest BCUT2D eigenvalue weighted by molar-refractivity contribution is 7.98. The van der Waals surface area contributed by atoms with E-state index in [4.69, 9.17) is 0 Å². The van der Waals surface area contributed by atoms with Crippen LogP contribution in [0.5, 0.6) is 0 Å². The van der Waals surface area contributed by atoms with Gasteiger partial charge in [0.05, 0.1) is 5.75 Å². The number of aryl methyl sites for hydroxylation is 1. The van der Waals surface area contributed by atoms with E-state index in [9.17, 15) is 0 Å². The summed E-state index contributed by atoms with van der Waals surface area (Å²) in [5.41, 5.74) is 1.25. The number of rotatable bonds is 3. The third-order valence-corrected chi connectivity index (χ3v) is 2.37. The molecular weight excluding hydrogens is 168 g/mol. The maximum atomic E-state index is 4.08. The Balaban J connectivity index is 2.32. The van der Waals surface area contributed by atoms with Gasteiger partial charge in [-0.1, -0.05) is 5.92 Å². The Hall–Kier alpha value is -0.880. The third kappa shape index (κ3) is 2.63. The van der Waals surface area contributed by atoms with Crippen molar-refractivity contribution in [3.05, 3.63) is 18.0 Å². The molecule has 0 saturated carbocycles. The molecule has 0 aliphatic heterocycles. The van der Waals surface area contributed by atoms with Crippen molar-refractivity contribution in [2.24, 2.45) is 7.05 Å². The second kappa shape index (κ2) is 4.89. The molecule has 3 heteroatoms. The fourth-order valence-corrected chi connectivity index (χ4v) is 1.66. The minimum absolute atomic E-state index is 0.904. The molecule has 1 aromatic heterocycles. The van der Waals surface area contributed by atoms with Crippen molar-refractivity contribution < 1.29 is 0 Å². The average Bonchev–Trinajstić information content (AvgIpc) is 2.46. The van der Waals surface area contributed by atoms with Crippen LogP contribution in [0.15, 0.2) is 12.3 Å². The van der Waals surface area contributed by atoms with Gasteiger partial charge in [0.1, 0.15) is 0 Å². The number of nitrogens with zero attached hydrogens (tertiary/aromatic N) is 2. The summed E-state index contributed by atoms with van der Waals surface area (Å²) in [6, 6.07) is 2.03. The van der Waals surface area contributed by atoms with Crippen LogP contribution in [0.3, 0.4) is 0 Å². The molecule has 0 bridgehead atoms. The minimum Gasteiger partial charge on any atom is -0.272 e. The topological polar surface area (TPSA) is 17.8 Å². The highest BCUT2D eigenvalue weighted by Crippen LogP contribution is 2.09. The molecule has 12 heavy (non-hydrogen) atoms. The van der Waals surface area contributed by atoms with Crippen LogP contribution in [-0.4, -0.2) is 15.5 Å². The molecule has 0 spiro atoms. The molecule has 1 rings (SSSR count). The Kier molecular flexibility index (Phi) is 3.75. The Morgan fingerprint density at radius 2 is 2.50 bits per heavy atom. The molecule has 0 radical (unpaired) electrons. The van der Waals surface area contributed by atoms with Gasteiger partial charge < -0.3 is 0 Å². The van der Waals surface area contributed by atoms with Crippen molar-refractivity contribution in [1.82, 2.24) is 9.78 Å². The Morgan fingerprint density at radius 1 is 1.67 bits per heavy atom. The molecule has 2 nitrogen and oxygen atoms in total. The first-order valence-corrected chi connectivity index (χ1v) is 4.94. The molecular formula is C9H12N2S. The number of hydrogen-bond donors (Lipinski definition) is 0. The van der Waals surface area contributed by atoms with E-state index < -0.39 is 0 Å². The Bertz CT molecular complexity index is 293. The van der Waals surface area contributed by atoms with Gasteiger partial charge in [-0.25, -0.2) is 0 Å². The highest BCUT2D eigenvalue weighted by atomic mass is 32.2. The first kappa shape index (κ1) is 9.21. The van der Waals surface area contributed by atoms with E-state index in [0.717, 1.165) is 11.5 Å². The lowest BCUT2D eigenvalue weighted by Gasteiger charge is -1.98. The van der Waals surface area contributed by atoms with Crippen LogP contribution in [0.25, 0.3) is 0 Å². The predicted octanol–water partition coefficient (Wildman–Crippen LogP) is 1.68. The van der Waals surface area contributed by atoms with Crippen molar-refractivity contribution in [2.45, 2.75) is 12.7 Å². The lowest BCUT2D eigenvalue weighted by Crippen LogP contribution is -1.95. The summed E-state index contributed by atoms with van der Waals surface area (Å²) in [4.78, 5) is 0. The molecule has 0 unspecified atom stereocenters. The standard InChI is InChI=1S/C9H12N2S/c1-3-4-7-12-8-9-5-6-10-11(9)2/h5-6H,7-8H2,1-2H3. The van der Waals surface area contributed by atoms with E-state index in [1.54, 1.807) is 0 Å². The van der Waals surface area contributed by atoms with Crippen molar-refractivity contribution in [2.75, 3.05) is 5.75 Å². The summed E-state index contributed by atoms with van der Waals surface area (Å²) in [6.45, 7) is 1.87. The normalized spacial score (nSPS) is 9.17.